The number of allylic oxidation sites excluding steroid dienone is 2. The molecule has 2 heteroatoms. The van der Waals surface area contributed by atoms with Crippen LogP contribution in [0.4, 0.5) is 0 Å². The van der Waals surface area contributed by atoms with Gasteiger partial charge in [0.1, 0.15) is 11.5 Å². The smallest absolute Gasteiger partial charge is 0.128 e. The molecule has 0 heterocycles. The van der Waals surface area contributed by atoms with Crippen molar-refractivity contribution in [3.05, 3.63) is 106 Å². The summed E-state index contributed by atoms with van der Waals surface area (Å²) >= 11 is 0. The standard InChI is InChI=1S/C31H26O2/c1-17(2)24-16-23-12-19-8-4-5-9-20(19)13-25(23)29(24)28-18(3)30(32)26-14-21-10-6-7-11-22(21)15-27(26)31(28)33/h4-15,29,32-33H,16H2,1-3H3. The third kappa shape index (κ3) is 2.87. The van der Waals surface area contributed by atoms with E-state index in [2.05, 4.69) is 50.2 Å². The number of phenolic OH excluding ortho intramolecular Hbond substituents is 2. The average molecular weight is 431 g/mol. The molecule has 0 saturated heterocycles. The molecule has 0 aromatic heterocycles. The van der Waals surface area contributed by atoms with E-state index in [0.29, 0.717) is 10.8 Å². The summed E-state index contributed by atoms with van der Waals surface area (Å²) in [4.78, 5) is 0. The largest absolute Gasteiger partial charge is 0.507 e. The number of phenols is 2. The molecule has 0 radical (unpaired) electrons. The van der Waals surface area contributed by atoms with Crippen molar-refractivity contribution in [2.24, 2.45) is 0 Å². The predicted octanol–water partition coefficient (Wildman–Crippen LogP) is 7.89. The third-order valence-corrected chi connectivity index (χ3v) is 7.39. The van der Waals surface area contributed by atoms with E-state index in [1.807, 2.05) is 43.3 Å². The molecule has 5 aromatic rings. The van der Waals surface area contributed by atoms with Gasteiger partial charge in [-0.3, -0.25) is 0 Å². The summed E-state index contributed by atoms with van der Waals surface area (Å²) in [5, 5.41) is 28.9. The molecular weight excluding hydrogens is 404 g/mol. The molecule has 0 saturated carbocycles. The Balaban J connectivity index is 1.69. The van der Waals surface area contributed by atoms with Crippen LogP contribution in [-0.2, 0) is 6.42 Å². The minimum Gasteiger partial charge on any atom is -0.507 e. The average Bonchev–Trinajstić information content (AvgIpc) is 3.19. The zero-order valence-corrected chi connectivity index (χ0v) is 19.1. The SMILES string of the molecule is CC(C)=C1Cc2cc3ccccc3cc2C1c1c(C)c(O)c2cc3ccccc3cc2c1O. The Hall–Kier alpha value is -3.78. The molecule has 2 nitrogen and oxygen atoms in total. The molecule has 1 aliphatic carbocycles. The van der Waals surface area contributed by atoms with Gasteiger partial charge in [-0.15, -0.1) is 0 Å². The highest BCUT2D eigenvalue weighted by Gasteiger charge is 2.34. The van der Waals surface area contributed by atoms with Crippen molar-refractivity contribution in [1.29, 1.82) is 0 Å². The number of hydrogen-bond donors (Lipinski definition) is 2. The van der Waals surface area contributed by atoms with Crippen molar-refractivity contribution in [2.45, 2.75) is 33.1 Å². The predicted molar refractivity (Wildman–Crippen MR) is 137 cm³/mol. The van der Waals surface area contributed by atoms with E-state index in [1.54, 1.807) is 0 Å². The molecule has 0 spiro atoms. The summed E-state index contributed by atoms with van der Waals surface area (Å²) in [5.74, 6) is 0.457. The molecule has 6 rings (SSSR count). The van der Waals surface area contributed by atoms with Gasteiger partial charge in [-0.2, -0.15) is 0 Å². The van der Waals surface area contributed by atoms with Crippen LogP contribution in [0.3, 0.4) is 0 Å². The highest BCUT2D eigenvalue weighted by Crippen LogP contribution is 2.52. The van der Waals surface area contributed by atoms with Crippen LogP contribution in [0.25, 0.3) is 32.3 Å². The summed E-state index contributed by atoms with van der Waals surface area (Å²) in [5.41, 5.74) is 6.66. The third-order valence-electron chi connectivity index (χ3n) is 7.39. The second-order valence-electron chi connectivity index (χ2n) is 9.51. The molecule has 0 amide bonds. The Kier molecular flexibility index (Phi) is 4.28. The molecule has 0 aliphatic heterocycles. The lowest BCUT2D eigenvalue weighted by atomic mass is 9.82. The van der Waals surface area contributed by atoms with E-state index in [0.717, 1.165) is 28.3 Å². The highest BCUT2D eigenvalue weighted by molar-refractivity contribution is 6.05. The summed E-state index contributed by atoms with van der Waals surface area (Å²) in [7, 11) is 0. The molecule has 1 aliphatic rings. The Morgan fingerprint density at radius 3 is 1.82 bits per heavy atom. The minimum atomic E-state index is -0.0728. The molecule has 33 heavy (non-hydrogen) atoms. The molecule has 5 aromatic carbocycles. The van der Waals surface area contributed by atoms with Crippen molar-refractivity contribution in [2.75, 3.05) is 0 Å². The first-order valence-electron chi connectivity index (χ1n) is 11.5. The van der Waals surface area contributed by atoms with Gasteiger partial charge in [0.2, 0.25) is 0 Å². The van der Waals surface area contributed by atoms with Crippen LogP contribution in [0.5, 0.6) is 11.5 Å². The summed E-state index contributed by atoms with van der Waals surface area (Å²) < 4.78 is 0. The van der Waals surface area contributed by atoms with Gasteiger partial charge in [-0.25, -0.2) is 0 Å². The van der Waals surface area contributed by atoms with Crippen LogP contribution < -0.4 is 0 Å². The lowest BCUT2D eigenvalue weighted by molar-refractivity contribution is 0.459. The van der Waals surface area contributed by atoms with Gasteiger partial charge in [0.05, 0.1) is 0 Å². The maximum Gasteiger partial charge on any atom is 0.128 e. The van der Waals surface area contributed by atoms with Gasteiger partial charge >= 0.3 is 0 Å². The molecule has 2 N–H and O–H groups in total. The first kappa shape index (κ1) is 19.9. The molecule has 162 valence electrons. The second-order valence-corrected chi connectivity index (χ2v) is 9.51. The van der Waals surface area contributed by atoms with Gasteiger partial charge in [-0.1, -0.05) is 65.7 Å². The van der Waals surface area contributed by atoms with Crippen LogP contribution in [0, 0.1) is 6.92 Å². The van der Waals surface area contributed by atoms with Gasteiger partial charge in [0, 0.05) is 22.3 Å². The number of rotatable bonds is 1. The van der Waals surface area contributed by atoms with Crippen molar-refractivity contribution in [3.63, 3.8) is 0 Å². The van der Waals surface area contributed by atoms with Crippen molar-refractivity contribution in [1.82, 2.24) is 0 Å². The van der Waals surface area contributed by atoms with E-state index < -0.39 is 0 Å². The van der Waals surface area contributed by atoms with Crippen molar-refractivity contribution in [3.8, 4) is 11.5 Å². The highest BCUT2D eigenvalue weighted by atomic mass is 16.3. The minimum absolute atomic E-state index is 0.0728. The molecule has 1 atom stereocenters. The summed E-state index contributed by atoms with van der Waals surface area (Å²) in [6, 6.07) is 25.0. The Labute approximate surface area is 193 Å². The van der Waals surface area contributed by atoms with Crippen LogP contribution >= 0.6 is 0 Å². The fourth-order valence-corrected chi connectivity index (χ4v) is 5.65. The maximum absolute atomic E-state index is 11.7. The lowest BCUT2D eigenvalue weighted by Gasteiger charge is -2.23. The number of hydrogen-bond acceptors (Lipinski definition) is 2. The zero-order chi connectivity index (χ0) is 22.9. The van der Waals surface area contributed by atoms with E-state index in [1.165, 1.54) is 33.0 Å². The monoisotopic (exact) mass is 430 g/mol. The Morgan fingerprint density at radius 1 is 0.727 bits per heavy atom. The molecule has 1 unspecified atom stereocenters. The van der Waals surface area contributed by atoms with Gasteiger partial charge in [0.15, 0.2) is 0 Å². The molecule has 0 bridgehead atoms. The first-order valence-corrected chi connectivity index (χ1v) is 11.5. The summed E-state index contributed by atoms with van der Waals surface area (Å²) in [6.07, 6.45) is 0.864. The second kappa shape index (κ2) is 7.11. The Bertz CT molecular complexity index is 1630. The quantitative estimate of drug-likeness (QED) is 0.161. The Morgan fingerprint density at radius 2 is 1.24 bits per heavy atom. The number of benzene rings is 5. The van der Waals surface area contributed by atoms with Crippen LogP contribution in [0.15, 0.2) is 83.9 Å². The number of aromatic hydroxyl groups is 2. The van der Waals surface area contributed by atoms with Crippen LogP contribution in [-0.4, -0.2) is 10.2 Å². The zero-order valence-electron chi connectivity index (χ0n) is 19.1. The summed E-state index contributed by atoms with van der Waals surface area (Å²) in [6.45, 7) is 6.23. The fraction of sp³-hybridized carbons (Fsp3) is 0.161. The molecular formula is C31H26O2. The van der Waals surface area contributed by atoms with Crippen molar-refractivity contribution >= 4 is 32.3 Å². The van der Waals surface area contributed by atoms with Crippen LogP contribution in [0.2, 0.25) is 0 Å². The van der Waals surface area contributed by atoms with Gasteiger partial charge in [0.25, 0.3) is 0 Å². The van der Waals surface area contributed by atoms with E-state index >= 15 is 0 Å². The number of fused-ring (bicyclic) bond motifs is 4. The van der Waals surface area contributed by atoms with E-state index in [9.17, 15) is 10.2 Å². The van der Waals surface area contributed by atoms with Gasteiger partial charge < -0.3 is 10.2 Å². The van der Waals surface area contributed by atoms with Crippen LogP contribution in [0.1, 0.15) is 42.0 Å². The normalized spacial score (nSPS) is 15.5. The fourth-order valence-electron chi connectivity index (χ4n) is 5.65. The first-order chi connectivity index (χ1) is 15.9. The van der Waals surface area contributed by atoms with E-state index in [-0.39, 0.29) is 17.4 Å². The molecule has 0 fully saturated rings. The lowest BCUT2D eigenvalue weighted by Crippen LogP contribution is -2.05. The van der Waals surface area contributed by atoms with Gasteiger partial charge in [-0.05, 0) is 83.6 Å². The van der Waals surface area contributed by atoms with E-state index in [4.69, 9.17) is 0 Å². The van der Waals surface area contributed by atoms with Crippen molar-refractivity contribution < 1.29 is 10.2 Å². The topological polar surface area (TPSA) is 40.5 Å². The maximum atomic E-state index is 11.7.